The second-order valence-electron chi connectivity index (χ2n) is 5.35. The molecule has 9 heteroatoms. The van der Waals surface area contributed by atoms with E-state index in [0.717, 1.165) is 12.1 Å². The highest BCUT2D eigenvalue weighted by atomic mass is 127. The molecule has 0 saturated carbocycles. The van der Waals surface area contributed by atoms with Crippen molar-refractivity contribution in [1.29, 1.82) is 0 Å². The van der Waals surface area contributed by atoms with Gasteiger partial charge in [-0.1, -0.05) is 12.1 Å². The highest BCUT2D eigenvalue weighted by Crippen LogP contribution is 2.29. The van der Waals surface area contributed by atoms with E-state index in [4.69, 9.17) is 4.74 Å². The summed E-state index contributed by atoms with van der Waals surface area (Å²) >= 11 is 0. The third kappa shape index (κ3) is 8.46. The molecule has 148 valence electrons. The molecule has 2 rings (SSSR count). The molecule has 0 aliphatic carbocycles. The number of hydrogen-bond acceptors (Lipinski definition) is 3. The Bertz CT molecular complexity index is 694. The molecule has 1 aromatic heterocycles. The molecule has 5 nitrogen and oxygen atoms in total. The van der Waals surface area contributed by atoms with E-state index < -0.39 is 11.7 Å². The summed E-state index contributed by atoms with van der Waals surface area (Å²) in [5, 5.41) is 6.19. The van der Waals surface area contributed by atoms with Crippen LogP contribution in [0.15, 0.2) is 53.8 Å². The van der Waals surface area contributed by atoms with E-state index in [9.17, 15) is 13.2 Å². The first-order chi connectivity index (χ1) is 12.5. The number of aliphatic imine (C=N–C) groups is 1. The number of guanidine groups is 1. The quantitative estimate of drug-likeness (QED) is 0.266. The highest BCUT2D eigenvalue weighted by Gasteiger charge is 2.29. The summed E-state index contributed by atoms with van der Waals surface area (Å²) in [7, 11) is 0. The van der Waals surface area contributed by atoms with Crippen molar-refractivity contribution in [3.63, 3.8) is 0 Å². The van der Waals surface area contributed by atoms with Crippen LogP contribution in [-0.4, -0.2) is 30.6 Å². The highest BCUT2D eigenvalue weighted by molar-refractivity contribution is 14.0. The van der Waals surface area contributed by atoms with Crippen molar-refractivity contribution in [3.8, 4) is 5.75 Å². The maximum Gasteiger partial charge on any atom is 0.416 e. The Balaban J connectivity index is 0.00000364. The van der Waals surface area contributed by atoms with Gasteiger partial charge >= 0.3 is 6.18 Å². The summed E-state index contributed by atoms with van der Waals surface area (Å²) in [6.45, 7) is 3.82. The van der Waals surface area contributed by atoms with Crippen LogP contribution in [0.3, 0.4) is 0 Å². The van der Waals surface area contributed by atoms with Gasteiger partial charge in [-0.2, -0.15) is 13.2 Å². The van der Waals surface area contributed by atoms with Gasteiger partial charge in [-0.3, -0.25) is 4.98 Å². The van der Waals surface area contributed by atoms with Gasteiger partial charge in [0.2, 0.25) is 0 Å². The van der Waals surface area contributed by atoms with Crippen LogP contribution in [0.1, 0.15) is 18.1 Å². The van der Waals surface area contributed by atoms with Crippen LogP contribution in [0.5, 0.6) is 5.75 Å². The SMILES string of the molecule is CCNC(=NCc1ccc(C(F)(F)F)cc1)NCCOc1cccnc1.I. The largest absolute Gasteiger partial charge is 0.490 e. The number of nitrogens with one attached hydrogen (secondary N) is 2. The lowest BCUT2D eigenvalue weighted by molar-refractivity contribution is -0.137. The van der Waals surface area contributed by atoms with E-state index in [0.29, 0.717) is 37.0 Å². The second kappa shape index (κ2) is 11.6. The van der Waals surface area contributed by atoms with Crippen molar-refractivity contribution in [2.75, 3.05) is 19.7 Å². The molecular weight excluding hydrogens is 472 g/mol. The van der Waals surface area contributed by atoms with Crippen molar-refractivity contribution < 1.29 is 17.9 Å². The normalized spacial score (nSPS) is 11.5. The number of alkyl halides is 3. The summed E-state index contributed by atoms with van der Waals surface area (Å²) < 4.78 is 43.2. The number of halogens is 4. The van der Waals surface area contributed by atoms with Gasteiger partial charge in [0.25, 0.3) is 0 Å². The number of aromatic nitrogens is 1. The minimum Gasteiger partial charge on any atom is -0.490 e. The number of pyridine rings is 1. The van der Waals surface area contributed by atoms with E-state index in [-0.39, 0.29) is 30.5 Å². The van der Waals surface area contributed by atoms with Crippen LogP contribution in [-0.2, 0) is 12.7 Å². The van der Waals surface area contributed by atoms with Gasteiger partial charge in [-0.05, 0) is 36.8 Å². The molecule has 0 atom stereocenters. The lowest BCUT2D eigenvalue weighted by Gasteiger charge is -2.12. The van der Waals surface area contributed by atoms with E-state index >= 15 is 0 Å². The summed E-state index contributed by atoms with van der Waals surface area (Å²) in [6, 6.07) is 8.60. The summed E-state index contributed by atoms with van der Waals surface area (Å²) in [5.41, 5.74) is 0.0321. The molecule has 0 bridgehead atoms. The number of hydrogen-bond donors (Lipinski definition) is 2. The fraction of sp³-hybridized carbons (Fsp3) is 0.333. The van der Waals surface area contributed by atoms with Crippen LogP contribution < -0.4 is 15.4 Å². The van der Waals surface area contributed by atoms with Gasteiger partial charge < -0.3 is 15.4 Å². The zero-order valence-electron chi connectivity index (χ0n) is 14.8. The molecule has 0 spiro atoms. The Morgan fingerprint density at radius 1 is 1.15 bits per heavy atom. The van der Waals surface area contributed by atoms with E-state index in [1.807, 2.05) is 13.0 Å². The molecule has 0 saturated heterocycles. The van der Waals surface area contributed by atoms with Crippen LogP contribution >= 0.6 is 24.0 Å². The fourth-order valence-corrected chi connectivity index (χ4v) is 2.08. The minimum atomic E-state index is -4.33. The average molecular weight is 494 g/mol. The molecule has 1 heterocycles. The second-order valence-corrected chi connectivity index (χ2v) is 5.35. The lowest BCUT2D eigenvalue weighted by atomic mass is 10.1. The number of rotatable bonds is 7. The zero-order valence-corrected chi connectivity index (χ0v) is 17.1. The van der Waals surface area contributed by atoms with Crippen LogP contribution in [0.2, 0.25) is 0 Å². The molecule has 1 aromatic carbocycles. The van der Waals surface area contributed by atoms with E-state index in [2.05, 4.69) is 20.6 Å². The average Bonchev–Trinajstić information content (AvgIpc) is 2.63. The predicted octanol–water partition coefficient (Wildman–Crippen LogP) is 3.85. The van der Waals surface area contributed by atoms with Crippen LogP contribution in [0.25, 0.3) is 0 Å². The predicted molar refractivity (Wildman–Crippen MR) is 109 cm³/mol. The maximum atomic E-state index is 12.6. The van der Waals surface area contributed by atoms with Crippen molar-refractivity contribution in [1.82, 2.24) is 15.6 Å². The zero-order chi connectivity index (χ0) is 18.8. The molecule has 0 radical (unpaired) electrons. The minimum absolute atomic E-state index is 0. The van der Waals surface area contributed by atoms with Gasteiger partial charge in [0.1, 0.15) is 12.4 Å². The lowest BCUT2D eigenvalue weighted by Crippen LogP contribution is -2.39. The van der Waals surface area contributed by atoms with Gasteiger partial charge in [0, 0.05) is 12.7 Å². The first-order valence-electron chi connectivity index (χ1n) is 8.20. The van der Waals surface area contributed by atoms with Gasteiger partial charge in [0.15, 0.2) is 5.96 Å². The molecule has 0 fully saturated rings. The Kier molecular flexibility index (Phi) is 9.90. The standard InChI is InChI=1S/C18H21F3N4O.HI/c1-2-23-17(24-10-11-26-16-4-3-9-22-13-16)25-12-14-5-7-15(8-6-14)18(19,20)21;/h3-9,13H,2,10-12H2,1H3,(H2,23,24,25);1H. The van der Waals surface area contributed by atoms with E-state index in [1.165, 1.54) is 12.1 Å². The van der Waals surface area contributed by atoms with Gasteiger partial charge in [-0.25, -0.2) is 4.99 Å². The Morgan fingerprint density at radius 2 is 1.89 bits per heavy atom. The third-order valence-electron chi connectivity index (χ3n) is 3.34. The molecule has 2 aromatic rings. The Labute approximate surface area is 173 Å². The van der Waals surface area contributed by atoms with E-state index in [1.54, 1.807) is 18.5 Å². The molecule has 0 aliphatic rings. The first-order valence-corrected chi connectivity index (χ1v) is 8.20. The molecule has 0 unspecified atom stereocenters. The first kappa shape index (κ1) is 23.0. The molecule has 0 aliphatic heterocycles. The fourth-order valence-electron chi connectivity index (χ4n) is 2.08. The number of nitrogens with zero attached hydrogens (tertiary/aromatic N) is 2. The van der Waals surface area contributed by atoms with Gasteiger partial charge in [-0.15, -0.1) is 24.0 Å². The molecule has 0 amide bonds. The van der Waals surface area contributed by atoms with Crippen molar-refractivity contribution in [2.24, 2.45) is 4.99 Å². The van der Waals surface area contributed by atoms with Crippen molar-refractivity contribution in [3.05, 3.63) is 59.9 Å². The number of ether oxygens (including phenoxy) is 1. The van der Waals surface area contributed by atoms with Crippen molar-refractivity contribution in [2.45, 2.75) is 19.6 Å². The Hall–Kier alpha value is -2.04. The molecular formula is C18H22F3IN4O. The van der Waals surface area contributed by atoms with Gasteiger partial charge in [0.05, 0.1) is 24.8 Å². The smallest absolute Gasteiger partial charge is 0.416 e. The Morgan fingerprint density at radius 3 is 2.48 bits per heavy atom. The monoisotopic (exact) mass is 494 g/mol. The summed E-state index contributed by atoms with van der Waals surface area (Å²) in [4.78, 5) is 8.33. The van der Waals surface area contributed by atoms with Crippen molar-refractivity contribution >= 4 is 29.9 Å². The number of benzene rings is 1. The molecule has 2 N–H and O–H groups in total. The summed E-state index contributed by atoms with van der Waals surface area (Å²) in [6.07, 6.45) is -1.03. The summed E-state index contributed by atoms with van der Waals surface area (Å²) in [5.74, 6) is 1.25. The third-order valence-corrected chi connectivity index (χ3v) is 3.34. The maximum absolute atomic E-state index is 12.6. The van der Waals surface area contributed by atoms with Crippen LogP contribution in [0.4, 0.5) is 13.2 Å². The molecule has 27 heavy (non-hydrogen) atoms. The topological polar surface area (TPSA) is 58.5 Å². The van der Waals surface area contributed by atoms with Crippen LogP contribution in [0, 0.1) is 0 Å².